The minimum absolute atomic E-state index is 0.359. The second-order valence-electron chi connectivity index (χ2n) is 5.25. The van der Waals surface area contributed by atoms with E-state index < -0.39 is 0 Å². The predicted octanol–water partition coefficient (Wildman–Crippen LogP) is 3.99. The molecular formula is C15H21ClN2S. The molecule has 0 saturated carbocycles. The molecule has 1 aromatic carbocycles. The summed E-state index contributed by atoms with van der Waals surface area (Å²) in [7, 11) is 0. The minimum atomic E-state index is 0.359. The van der Waals surface area contributed by atoms with Gasteiger partial charge in [-0.3, -0.25) is 0 Å². The molecule has 0 amide bonds. The van der Waals surface area contributed by atoms with E-state index in [2.05, 4.69) is 17.9 Å². The van der Waals surface area contributed by atoms with Crippen LogP contribution in [0.4, 0.5) is 5.69 Å². The third-order valence-electron chi connectivity index (χ3n) is 3.89. The van der Waals surface area contributed by atoms with Gasteiger partial charge >= 0.3 is 0 Å². The normalized spacial score (nSPS) is 16.6. The number of piperidine rings is 1. The van der Waals surface area contributed by atoms with E-state index in [1.54, 1.807) is 0 Å². The summed E-state index contributed by atoms with van der Waals surface area (Å²) in [5.41, 5.74) is 7.57. The van der Waals surface area contributed by atoms with Crippen LogP contribution in [0, 0.1) is 5.92 Å². The zero-order valence-electron chi connectivity index (χ0n) is 11.4. The fourth-order valence-corrected chi connectivity index (χ4v) is 3.30. The maximum absolute atomic E-state index is 6.23. The molecule has 2 rings (SSSR count). The molecule has 1 aliphatic rings. The highest BCUT2D eigenvalue weighted by atomic mass is 35.5. The van der Waals surface area contributed by atoms with E-state index >= 15 is 0 Å². The zero-order valence-corrected chi connectivity index (χ0v) is 12.9. The molecule has 0 atom stereocenters. The van der Waals surface area contributed by atoms with Crippen molar-refractivity contribution in [2.24, 2.45) is 11.7 Å². The van der Waals surface area contributed by atoms with Crippen molar-refractivity contribution in [3.8, 4) is 0 Å². The van der Waals surface area contributed by atoms with Crippen molar-refractivity contribution in [3.63, 3.8) is 0 Å². The van der Waals surface area contributed by atoms with E-state index in [9.17, 15) is 0 Å². The maximum Gasteiger partial charge on any atom is 0.105 e. The highest BCUT2D eigenvalue weighted by Crippen LogP contribution is 2.29. The Morgan fingerprint density at radius 3 is 2.63 bits per heavy atom. The lowest BCUT2D eigenvalue weighted by molar-refractivity contribution is 0.378. The van der Waals surface area contributed by atoms with Gasteiger partial charge in [0.15, 0.2) is 0 Å². The summed E-state index contributed by atoms with van der Waals surface area (Å²) < 4.78 is 0. The predicted molar refractivity (Wildman–Crippen MR) is 87.2 cm³/mol. The molecule has 1 aliphatic heterocycles. The number of benzene rings is 1. The van der Waals surface area contributed by atoms with Crippen LogP contribution in [0.25, 0.3) is 0 Å². The average Bonchev–Trinajstić information content (AvgIpc) is 2.39. The molecule has 104 valence electrons. The van der Waals surface area contributed by atoms with Gasteiger partial charge in [0.2, 0.25) is 0 Å². The van der Waals surface area contributed by atoms with Gasteiger partial charge in [-0.2, -0.15) is 0 Å². The molecule has 1 saturated heterocycles. The highest BCUT2D eigenvalue weighted by Gasteiger charge is 2.19. The quantitative estimate of drug-likeness (QED) is 0.852. The minimum Gasteiger partial charge on any atom is -0.389 e. The molecule has 1 aromatic rings. The largest absolute Gasteiger partial charge is 0.389 e. The number of nitrogens with two attached hydrogens (primary N) is 1. The van der Waals surface area contributed by atoms with E-state index in [-0.39, 0.29) is 0 Å². The van der Waals surface area contributed by atoms with Gasteiger partial charge in [-0.05, 0) is 37.0 Å². The summed E-state index contributed by atoms with van der Waals surface area (Å²) in [6.07, 6.45) is 5.21. The Balaban J connectivity index is 2.04. The van der Waals surface area contributed by atoms with Gasteiger partial charge in [-0.25, -0.2) is 0 Å². The second-order valence-corrected chi connectivity index (χ2v) is 6.09. The summed E-state index contributed by atoms with van der Waals surface area (Å²) in [5.74, 6) is 0.896. The zero-order chi connectivity index (χ0) is 13.8. The number of anilines is 1. The number of thiocarbonyl (C=S) groups is 1. The van der Waals surface area contributed by atoms with E-state index in [4.69, 9.17) is 29.6 Å². The van der Waals surface area contributed by atoms with Crippen molar-refractivity contribution < 1.29 is 0 Å². The number of hydrogen-bond donors (Lipinski definition) is 1. The molecule has 0 unspecified atom stereocenters. The van der Waals surface area contributed by atoms with E-state index in [0.29, 0.717) is 10.0 Å². The van der Waals surface area contributed by atoms with Gasteiger partial charge in [0.05, 0.1) is 5.02 Å². The summed E-state index contributed by atoms with van der Waals surface area (Å²) in [6.45, 7) is 4.50. The molecule has 2 N–H and O–H groups in total. The molecule has 0 spiro atoms. The Morgan fingerprint density at radius 2 is 2.11 bits per heavy atom. The van der Waals surface area contributed by atoms with Crippen LogP contribution in [0.3, 0.4) is 0 Å². The molecule has 0 radical (unpaired) electrons. The Morgan fingerprint density at radius 1 is 1.42 bits per heavy atom. The molecule has 1 fully saturated rings. The van der Waals surface area contributed by atoms with Crippen LogP contribution < -0.4 is 10.6 Å². The Bertz CT molecular complexity index is 453. The van der Waals surface area contributed by atoms with Gasteiger partial charge in [-0.15, -0.1) is 0 Å². The maximum atomic E-state index is 6.23. The van der Waals surface area contributed by atoms with Gasteiger partial charge in [0, 0.05) is 24.3 Å². The topological polar surface area (TPSA) is 29.3 Å². The van der Waals surface area contributed by atoms with Crippen molar-refractivity contribution in [2.75, 3.05) is 18.0 Å². The summed E-state index contributed by atoms with van der Waals surface area (Å²) in [6, 6.07) is 5.98. The fraction of sp³-hybridized carbons (Fsp3) is 0.533. The first kappa shape index (κ1) is 14.6. The number of hydrogen-bond acceptors (Lipinski definition) is 2. The third-order valence-corrected chi connectivity index (χ3v) is 4.43. The molecule has 4 heteroatoms. The van der Waals surface area contributed by atoms with Gasteiger partial charge in [-0.1, -0.05) is 43.6 Å². The SMILES string of the molecule is CCCC1CCN(c2ccc(C(N)=S)c(Cl)c2)CC1. The number of halogens is 1. The summed E-state index contributed by atoms with van der Waals surface area (Å²) >= 11 is 11.2. The molecule has 1 heterocycles. The highest BCUT2D eigenvalue weighted by molar-refractivity contribution is 7.80. The number of nitrogens with zero attached hydrogens (tertiary/aromatic N) is 1. The molecule has 0 aromatic heterocycles. The average molecular weight is 297 g/mol. The van der Waals surface area contributed by atoms with Crippen LogP contribution in [0.15, 0.2) is 18.2 Å². The van der Waals surface area contributed by atoms with Gasteiger partial charge in [0.1, 0.15) is 4.99 Å². The van der Waals surface area contributed by atoms with Crippen molar-refractivity contribution in [1.82, 2.24) is 0 Å². The standard InChI is InChI=1S/C15H21ClN2S/c1-2-3-11-6-8-18(9-7-11)12-4-5-13(15(17)19)14(16)10-12/h4-5,10-11H,2-3,6-9H2,1H3,(H2,17,19). The first-order valence-corrected chi connectivity index (χ1v) is 7.74. The van der Waals surface area contributed by atoms with Crippen molar-refractivity contribution in [3.05, 3.63) is 28.8 Å². The third kappa shape index (κ3) is 3.61. The lowest BCUT2D eigenvalue weighted by Crippen LogP contribution is -2.33. The van der Waals surface area contributed by atoms with Crippen molar-refractivity contribution >= 4 is 34.5 Å². The summed E-state index contributed by atoms with van der Waals surface area (Å²) in [5, 5.41) is 0.653. The molecule has 2 nitrogen and oxygen atoms in total. The van der Waals surface area contributed by atoms with Crippen LogP contribution in [-0.4, -0.2) is 18.1 Å². The molecule has 0 aliphatic carbocycles. The van der Waals surface area contributed by atoms with Crippen LogP contribution in [-0.2, 0) is 0 Å². The van der Waals surface area contributed by atoms with E-state index in [1.807, 2.05) is 12.1 Å². The first-order valence-electron chi connectivity index (χ1n) is 6.96. The molecule has 19 heavy (non-hydrogen) atoms. The fourth-order valence-electron chi connectivity index (χ4n) is 2.79. The first-order chi connectivity index (χ1) is 9.11. The Kier molecular flexibility index (Phi) is 5.06. The molecular weight excluding hydrogens is 276 g/mol. The van der Waals surface area contributed by atoms with Crippen molar-refractivity contribution in [2.45, 2.75) is 32.6 Å². The van der Waals surface area contributed by atoms with Crippen LogP contribution in [0.2, 0.25) is 5.02 Å². The van der Waals surface area contributed by atoms with Crippen molar-refractivity contribution in [1.29, 1.82) is 0 Å². The Labute approximate surface area is 125 Å². The van der Waals surface area contributed by atoms with Crippen LogP contribution >= 0.6 is 23.8 Å². The van der Waals surface area contributed by atoms with Crippen LogP contribution in [0.1, 0.15) is 38.2 Å². The van der Waals surface area contributed by atoms with E-state index in [1.165, 1.54) is 31.4 Å². The van der Waals surface area contributed by atoms with E-state index in [0.717, 1.165) is 24.6 Å². The van der Waals surface area contributed by atoms with Gasteiger partial charge in [0.25, 0.3) is 0 Å². The lowest BCUT2D eigenvalue weighted by atomic mass is 9.92. The summed E-state index contributed by atoms with van der Waals surface area (Å²) in [4.78, 5) is 2.76. The van der Waals surface area contributed by atoms with Gasteiger partial charge < -0.3 is 10.6 Å². The van der Waals surface area contributed by atoms with Crippen LogP contribution in [0.5, 0.6) is 0 Å². The molecule has 0 bridgehead atoms. The Hall–Kier alpha value is -0.800. The smallest absolute Gasteiger partial charge is 0.105 e. The lowest BCUT2D eigenvalue weighted by Gasteiger charge is -2.33. The monoisotopic (exact) mass is 296 g/mol. The second kappa shape index (κ2) is 6.58. The number of rotatable bonds is 4.